The first-order valence-corrected chi connectivity index (χ1v) is 10.2. The molecule has 1 aromatic rings. The summed E-state index contributed by atoms with van der Waals surface area (Å²) < 4.78 is 37.3. The third kappa shape index (κ3) is 3.95. The lowest BCUT2D eigenvalue weighted by atomic mass is 10.0. The van der Waals surface area contributed by atoms with Crippen molar-refractivity contribution in [3.8, 4) is 0 Å². The van der Waals surface area contributed by atoms with E-state index in [0.717, 1.165) is 5.56 Å². The molecule has 1 aromatic carbocycles. The molecule has 2 fully saturated rings. The van der Waals surface area contributed by atoms with Gasteiger partial charge in [0.2, 0.25) is 10.0 Å². The van der Waals surface area contributed by atoms with Crippen LogP contribution in [-0.2, 0) is 30.9 Å². The zero-order valence-electron chi connectivity index (χ0n) is 14.3. The summed E-state index contributed by atoms with van der Waals surface area (Å²) in [5.74, 6) is 0. The molecule has 0 bridgehead atoms. The van der Waals surface area contributed by atoms with Crippen molar-refractivity contribution in [1.29, 1.82) is 0 Å². The first-order chi connectivity index (χ1) is 12.1. The van der Waals surface area contributed by atoms with E-state index in [2.05, 4.69) is 0 Å². The molecule has 0 radical (unpaired) electrons. The van der Waals surface area contributed by atoms with Gasteiger partial charge in [0.05, 0.1) is 12.7 Å². The lowest BCUT2D eigenvalue weighted by Gasteiger charge is -2.39. The third-order valence-corrected chi connectivity index (χ3v) is 7.71. The fraction of sp³-hybridized carbons (Fsp3) is 0.611. The van der Waals surface area contributed by atoms with E-state index in [0.29, 0.717) is 52.0 Å². The summed E-state index contributed by atoms with van der Waals surface area (Å²) in [7, 11) is -3.66. The quantitative estimate of drug-likeness (QED) is 0.716. The number of rotatable bonds is 6. The van der Waals surface area contributed by atoms with E-state index in [4.69, 9.17) is 9.47 Å². The van der Waals surface area contributed by atoms with Crippen LogP contribution < -0.4 is 0 Å². The highest BCUT2D eigenvalue weighted by atomic mass is 32.2. The summed E-state index contributed by atoms with van der Waals surface area (Å²) in [5.41, 5.74) is 1.11. The predicted octanol–water partition coefficient (Wildman–Crippen LogP) is 1.75. The summed E-state index contributed by atoms with van der Waals surface area (Å²) in [5, 5.41) is 0. The van der Waals surface area contributed by atoms with E-state index < -0.39 is 14.8 Å². The van der Waals surface area contributed by atoms with Gasteiger partial charge in [0.1, 0.15) is 11.0 Å². The number of benzene rings is 1. The monoisotopic (exact) mass is 367 g/mol. The van der Waals surface area contributed by atoms with Gasteiger partial charge < -0.3 is 14.3 Å². The number of carbonyl (C=O) groups excluding carboxylic acids is 1. The summed E-state index contributed by atoms with van der Waals surface area (Å²) in [4.78, 5) is 11.6. The summed E-state index contributed by atoms with van der Waals surface area (Å²) in [6.45, 7) is 1.97. The van der Waals surface area contributed by atoms with Crippen molar-refractivity contribution >= 4 is 16.3 Å². The molecular formula is C18H25NO5S. The van der Waals surface area contributed by atoms with Crippen LogP contribution in [0.2, 0.25) is 0 Å². The van der Waals surface area contributed by atoms with Gasteiger partial charge in [-0.3, -0.25) is 0 Å². The van der Waals surface area contributed by atoms with Crippen molar-refractivity contribution < 1.29 is 22.7 Å². The van der Waals surface area contributed by atoms with Gasteiger partial charge in [0.25, 0.3) is 0 Å². The predicted molar refractivity (Wildman–Crippen MR) is 93.6 cm³/mol. The first-order valence-electron chi connectivity index (χ1n) is 8.77. The third-order valence-electron chi connectivity index (χ3n) is 5.14. The molecule has 0 aliphatic carbocycles. The SMILES string of the molecule is O=CC1(S(=O)(=O)N2CCC(OCc3ccccc3)CC2)CCOCC1. The molecule has 0 atom stereocenters. The molecule has 0 N–H and O–H groups in total. The molecule has 0 spiro atoms. The maximum atomic E-state index is 13.0. The highest BCUT2D eigenvalue weighted by molar-refractivity contribution is 7.91. The molecule has 0 saturated carbocycles. The van der Waals surface area contributed by atoms with E-state index in [1.54, 1.807) is 0 Å². The topological polar surface area (TPSA) is 72.9 Å². The second-order valence-electron chi connectivity index (χ2n) is 6.70. The molecular weight excluding hydrogens is 342 g/mol. The number of nitrogens with zero attached hydrogens (tertiary/aromatic N) is 1. The van der Waals surface area contributed by atoms with Crippen LogP contribution in [0.15, 0.2) is 30.3 Å². The van der Waals surface area contributed by atoms with E-state index in [1.165, 1.54) is 4.31 Å². The smallest absolute Gasteiger partial charge is 0.226 e. The van der Waals surface area contributed by atoms with Crippen LogP contribution in [0.25, 0.3) is 0 Å². The van der Waals surface area contributed by atoms with Crippen LogP contribution >= 0.6 is 0 Å². The molecule has 2 aliphatic rings. The van der Waals surface area contributed by atoms with E-state index in [9.17, 15) is 13.2 Å². The highest BCUT2D eigenvalue weighted by Crippen LogP contribution is 2.32. The largest absolute Gasteiger partial charge is 0.381 e. The van der Waals surface area contributed by atoms with Crippen molar-refractivity contribution in [2.75, 3.05) is 26.3 Å². The van der Waals surface area contributed by atoms with Crippen molar-refractivity contribution in [2.45, 2.75) is 43.1 Å². The molecule has 0 unspecified atom stereocenters. The van der Waals surface area contributed by atoms with Crippen molar-refractivity contribution in [2.24, 2.45) is 0 Å². The van der Waals surface area contributed by atoms with Gasteiger partial charge in [0.15, 0.2) is 0 Å². The van der Waals surface area contributed by atoms with Crippen LogP contribution in [-0.4, -0.2) is 56.2 Å². The van der Waals surface area contributed by atoms with Crippen molar-refractivity contribution in [3.63, 3.8) is 0 Å². The standard InChI is InChI=1S/C18H25NO5S/c20-15-18(8-12-23-13-9-18)25(21,22)19-10-6-17(7-11-19)24-14-16-4-2-1-3-5-16/h1-5,15,17H,6-14H2. The van der Waals surface area contributed by atoms with Gasteiger partial charge >= 0.3 is 0 Å². The van der Waals surface area contributed by atoms with Gasteiger partial charge in [-0.1, -0.05) is 30.3 Å². The van der Waals surface area contributed by atoms with Crippen molar-refractivity contribution in [1.82, 2.24) is 4.31 Å². The summed E-state index contributed by atoms with van der Waals surface area (Å²) in [6.07, 6.45) is 2.44. The van der Waals surface area contributed by atoms with Crippen LogP contribution in [0.3, 0.4) is 0 Å². The molecule has 2 heterocycles. The number of piperidine rings is 1. The lowest BCUT2D eigenvalue weighted by Crippen LogP contribution is -2.54. The summed E-state index contributed by atoms with van der Waals surface area (Å²) in [6, 6.07) is 9.93. The number of hydrogen-bond donors (Lipinski definition) is 0. The van der Waals surface area contributed by atoms with Crippen LogP contribution in [0.5, 0.6) is 0 Å². The Morgan fingerprint density at radius 3 is 2.40 bits per heavy atom. The maximum Gasteiger partial charge on any atom is 0.226 e. The Kier molecular flexibility index (Phi) is 5.89. The number of aldehydes is 1. The minimum absolute atomic E-state index is 0.0496. The molecule has 7 heteroatoms. The fourth-order valence-electron chi connectivity index (χ4n) is 3.44. The van der Waals surface area contributed by atoms with Gasteiger partial charge in [-0.2, -0.15) is 0 Å². The van der Waals surface area contributed by atoms with Gasteiger partial charge in [-0.15, -0.1) is 0 Å². The van der Waals surface area contributed by atoms with Crippen molar-refractivity contribution in [3.05, 3.63) is 35.9 Å². The Hall–Kier alpha value is -1.28. The van der Waals surface area contributed by atoms with E-state index in [-0.39, 0.29) is 18.9 Å². The molecule has 2 aliphatic heterocycles. The molecule has 3 rings (SSSR count). The minimum atomic E-state index is -3.66. The minimum Gasteiger partial charge on any atom is -0.381 e. The Morgan fingerprint density at radius 1 is 1.16 bits per heavy atom. The highest BCUT2D eigenvalue weighted by Gasteiger charge is 2.48. The van der Waals surface area contributed by atoms with Crippen LogP contribution in [0.4, 0.5) is 0 Å². The molecule has 138 valence electrons. The Morgan fingerprint density at radius 2 is 1.80 bits per heavy atom. The normalized spacial score (nSPS) is 22.6. The fourth-order valence-corrected chi connectivity index (χ4v) is 5.45. The van der Waals surface area contributed by atoms with Gasteiger partial charge in [-0.05, 0) is 31.2 Å². The maximum absolute atomic E-state index is 13.0. The summed E-state index contributed by atoms with van der Waals surface area (Å²) >= 11 is 0. The molecule has 2 saturated heterocycles. The number of ether oxygens (including phenoxy) is 2. The zero-order chi connectivity index (χ0) is 17.8. The lowest BCUT2D eigenvalue weighted by molar-refractivity contribution is -0.112. The number of hydrogen-bond acceptors (Lipinski definition) is 5. The molecule has 0 aromatic heterocycles. The Bertz CT molecular complexity index is 662. The molecule has 0 amide bonds. The van der Waals surface area contributed by atoms with Gasteiger partial charge in [-0.25, -0.2) is 12.7 Å². The number of sulfonamides is 1. The second kappa shape index (κ2) is 7.95. The van der Waals surface area contributed by atoms with Gasteiger partial charge in [0, 0.05) is 26.3 Å². The first kappa shape index (κ1) is 18.5. The van der Waals surface area contributed by atoms with Crippen LogP contribution in [0.1, 0.15) is 31.2 Å². The zero-order valence-corrected chi connectivity index (χ0v) is 15.1. The Labute approximate surface area is 149 Å². The average molecular weight is 367 g/mol. The second-order valence-corrected chi connectivity index (χ2v) is 8.97. The average Bonchev–Trinajstić information content (AvgIpc) is 2.68. The number of carbonyl (C=O) groups is 1. The van der Waals surface area contributed by atoms with E-state index in [1.807, 2.05) is 30.3 Å². The molecule has 25 heavy (non-hydrogen) atoms. The van der Waals surface area contributed by atoms with Crippen LogP contribution in [0, 0.1) is 0 Å². The molecule has 6 nitrogen and oxygen atoms in total. The Balaban J connectivity index is 1.56. The van der Waals surface area contributed by atoms with E-state index >= 15 is 0 Å².